The van der Waals surface area contributed by atoms with Gasteiger partial charge in [-0.3, -0.25) is 4.79 Å². The van der Waals surface area contributed by atoms with E-state index in [2.05, 4.69) is 15.9 Å². The molecule has 0 N–H and O–H groups in total. The Kier molecular flexibility index (Phi) is 4.49. The van der Waals surface area contributed by atoms with Gasteiger partial charge >= 0.3 is 13.1 Å². The normalized spacial score (nSPS) is 32.6. The number of rotatable bonds is 4. The van der Waals surface area contributed by atoms with E-state index in [0.717, 1.165) is 21.3 Å². The third-order valence-corrected chi connectivity index (χ3v) is 8.30. The standard InChI is InChI=1S/C23H28BBrN2O4/c1-13(2)29-19(28)23-11-22(12-23,18(23)24-30-20(3,4)21(5,6)31-24)16-17(25)27-15-10-8-7-9-14(15)26-16/h7-10,13,18H,11-12H2,1-6H3. The van der Waals surface area contributed by atoms with Crippen molar-refractivity contribution in [3.8, 4) is 0 Å². The van der Waals surface area contributed by atoms with Crippen molar-refractivity contribution in [1.29, 1.82) is 0 Å². The second-order valence-electron chi connectivity index (χ2n) is 10.6. The molecular formula is C23H28BBrN2O4. The molecular weight excluding hydrogens is 459 g/mol. The van der Waals surface area contributed by atoms with Gasteiger partial charge in [0.05, 0.1) is 39.4 Å². The molecule has 0 spiro atoms. The lowest BCUT2D eigenvalue weighted by Gasteiger charge is -2.74. The van der Waals surface area contributed by atoms with Crippen LogP contribution in [0.5, 0.6) is 0 Å². The Hall–Kier alpha value is -1.51. The molecule has 164 valence electrons. The van der Waals surface area contributed by atoms with Gasteiger partial charge in [-0.15, -0.1) is 0 Å². The summed E-state index contributed by atoms with van der Waals surface area (Å²) in [5.74, 6) is -0.326. The zero-order valence-electron chi connectivity index (χ0n) is 18.9. The van der Waals surface area contributed by atoms with Crippen molar-refractivity contribution < 1.29 is 18.8 Å². The first-order valence-electron chi connectivity index (χ1n) is 10.9. The summed E-state index contributed by atoms with van der Waals surface area (Å²) in [6, 6.07) is 7.83. The fourth-order valence-electron chi connectivity index (χ4n) is 5.54. The van der Waals surface area contributed by atoms with E-state index in [0.29, 0.717) is 12.8 Å². The fourth-order valence-corrected chi connectivity index (χ4v) is 6.21. The Morgan fingerprint density at radius 2 is 1.65 bits per heavy atom. The maximum absolute atomic E-state index is 13.2. The van der Waals surface area contributed by atoms with Crippen LogP contribution in [0, 0.1) is 5.41 Å². The lowest BCUT2D eigenvalue weighted by Crippen LogP contribution is -2.77. The van der Waals surface area contributed by atoms with Gasteiger partial charge in [0.2, 0.25) is 0 Å². The van der Waals surface area contributed by atoms with Crippen LogP contribution in [0.3, 0.4) is 0 Å². The van der Waals surface area contributed by atoms with Gasteiger partial charge in [-0.1, -0.05) is 12.1 Å². The summed E-state index contributed by atoms with van der Waals surface area (Å²) in [5, 5.41) is 0. The van der Waals surface area contributed by atoms with Crippen molar-refractivity contribution in [2.45, 2.75) is 82.9 Å². The lowest BCUT2D eigenvalue weighted by atomic mass is 9.20. The molecule has 2 bridgehead atoms. The van der Waals surface area contributed by atoms with Gasteiger partial charge in [0.25, 0.3) is 0 Å². The minimum Gasteiger partial charge on any atom is -0.463 e. The molecule has 6 rings (SSSR count). The Morgan fingerprint density at radius 3 is 2.19 bits per heavy atom. The molecule has 3 saturated carbocycles. The molecule has 1 unspecified atom stereocenters. The minimum atomic E-state index is -0.599. The Morgan fingerprint density at radius 1 is 1.10 bits per heavy atom. The topological polar surface area (TPSA) is 70.5 Å². The molecule has 1 aliphatic heterocycles. The molecule has 2 aromatic rings. The molecule has 4 aliphatic rings. The molecule has 0 radical (unpaired) electrons. The third-order valence-electron chi connectivity index (χ3n) is 7.74. The highest BCUT2D eigenvalue weighted by Gasteiger charge is 2.85. The highest BCUT2D eigenvalue weighted by atomic mass is 79.9. The molecule has 2 heterocycles. The first-order valence-corrected chi connectivity index (χ1v) is 11.7. The highest BCUT2D eigenvalue weighted by Crippen LogP contribution is 2.83. The smallest absolute Gasteiger partial charge is 0.463 e. The second kappa shape index (κ2) is 6.52. The van der Waals surface area contributed by atoms with E-state index in [1.807, 2.05) is 65.8 Å². The van der Waals surface area contributed by atoms with Crippen LogP contribution in [-0.2, 0) is 24.3 Å². The molecule has 6 nitrogen and oxygen atoms in total. The lowest BCUT2D eigenvalue weighted by molar-refractivity contribution is -0.208. The number of fused-ring (bicyclic) bond motifs is 1. The van der Waals surface area contributed by atoms with Crippen LogP contribution in [0.1, 0.15) is 60.1 Å². The molecule has 8 heteroatoms. The Labute approximate surface area is 191 Å². The largest absolute Gasteiger partial charge is 0.463 e. The predicted octanol–water partition coefficient (Wildman–Crippen LogP) is 4.84. The van der Waals surface area contributed by atoms with Crippen molar-refractivity contribution in [3.05, 3.63) is 34.6 Å². The number of hydrogen-bond donors (Lipinski definition) is 0. The summed E-state index contributed by atoms with van der Waals surface area (Å²) in [6.45, 7) is 11.9. The summed E-state index contributed by atoms with van der Waals surface area (Å²) >= 11 is 3.66. The van der Waals surface area contributed by atoms with E-state index in [1.54, 1.807) is 0 Å². The van der Waals surface area contributed by atoms with Gasteiger partial charge in [-0.05, 0) is 82.4 Å². The number of esters is 1. The van der Waals surface area contributed by atoms with Gasteiger partial charge in [-0.25, -0.2) is 9.97 Å². The molecule has 1 aromatic carbocycles. The predicted molar refractivity (Wildman–Crippen MR) is 122 cm³/mol. The van der Waals surface area contributed by atoms with Crippen LogP contribution in [0.2, 0.25) is 5.82 Å². The van der Waals surface area contributed by atoms with Gasteiger partial charge in [0.1, 0.15) is 4.60 Å². The van der Waals surface area contributed by atoms with Crippen molar-refractivity contribution >= 4 is 40.1 Å². The van der Waals surface area contributed by atoms with Gasteiger partial charge in [-0.2, -0.15) is 0 Å². The summed E-state index contributed by atoms with van der Waals surface area (Å²) in [4.78, 5) is 22.9. The van der Waals surface area contributed by atoms with Crippen LogP contribution in [0.15, 0.2) is 28.9 Å². The van der Waals surface area contributed by atoms with Crippen LogP contribution in [0.4, 0.5) is 0 Å². The van der Waals surface area contributed by atoms with E-state index in [4.69, 9.17) is 24.0 Å². The van der Waals surface area contributed by atoms with E-state index in [1.165, 1.54) is 0 Å². The number of nitrogens with zero attached hydrogens (tertiary/aromatic N) is 2. The molecule has 4 fully saturated rings. The van der Waals surface area contributed by atoms with Gasteiger partial charge in [0.15, 0.2) is 0 Å². The minimum absolute atomic E-state index is 0.158. The van der Waals surface area contributed by atoms with Crippen LogP contribution < -0.4 is 0 Å². The molecule has 31 heavy (non-hydrogen) atoms. The fraction of sp³-hybridized carbons (Fsp3) is 0.609. The van der Waals surface area contributed by atoms with Gasteiger partial charge in [0, 0.05) is 11.2 Å². The van der Waals surface area contributed by atoms with Crippen molar-refractivity contribution in [1.82, 2.24) is 9.97 Å². The van der Waals surface area contributed by atoms with E-state index < -0.39 is 23.7 Å². The van der Waals surface area contributed by atoms with E-state index in [-0.39, 0.29) is 23.3 Å². The number of aromatic nitrogens is 2. The average Bonchev–Trinajstić information content (AvgIpc) is 2.79. The van der Waals surface area contributed by atoms with Gasteiger partial charge < -0.3 is 14.0 Å². The Bertz CT molecular complexity index is 1060. The van der Waals surface area contributed by atoms with Crippen LogP contribution in [-0.4, -0.2) is 40.4 Å². The van der Waals surface area contributed by atoms with Crippen LogP contribution >= 0.6 is 15.9 Å². The number of halogens is 1. The van der Waals surface area contributed by atoms with Crippen molar-refractivity contribution in [2.75, 3.05) is 0 Å². The van der Waals surface area contributed by atoms with Crippen molar-refractivity contribution in [3.63, 3.8) is 0 Å². The maximum Gasteiger partial charge on any atom is 0.463 e. The second-order valence-corrected chi connectivity index (χ2v) is 11.3. The third kappa shape index (κ3) is 2.80. The monoisotopic (exact) mass is 486 g/mol. The summed E-state index contributed by atoms with van der Waals surface area (Å²) < 4.78 is 19.3. The molecule has 0 amide bonds. The van der Waals surface area contributed by atoms with E-state index in [9.17, 15) is 4.79 Å². The SMILES string of the molecule is CC(C)OC(=O)C12CC(c3nc4ccccc4nc3Br)(C1)C2B1OC(C)(C)C(C)(C)O1. The summed E-state index contributed by atoms with van der Waals surface area (Å²) in [7, 11) is -0.507. The number of carbonyl (C=O) groups is 1. The van der Waals surface area contributed by atoms with Crippen LogP contribution in [0.25, 0.3) is 11.0 Å². The number of carbonyl (C=O) groups excluding carboxylic acids is 1. The maximum atomic E-state index is 13.2. The zero-order valence-corrected chi connectivity index (χ0v) is 20.4. The van der Waals surface area contributed by atoms with E-state index >= 15 is 0 Å². The quantitative estimate of drug-likeness (QED) is 0.455. The zero-order chi connectivity index (χ0) is 22.4. The molecule has 1 aromatic heterocycles. The van der Waals surface area contributed by atoms with Crippen molar-refractivity contribution in [2.24, 2.45) is 5.41 Å². The average molecular weight is 487 g/mol. The molecule has 1 atom stereocenters. The summed E-state index contributed by atoms with van der Waals surface area (Å²) in [6.07, 6.45) is 1.18. The molecule has 1 saturated heterocycles. The highest BCUT2D eigenvalue weighted by molar-refractivity contribution is 9.10. The summed E-state index contributed by atoms with van der Waals surface area (Å²) in [5.41, 5.74) is 0.686. The first-order chi connectivity index (χ1) is 14.4. The molecule has 3 aliphatic carbocycles. The number of para-hydroxylation sites is 2. The Balaban J connectivity index is 1.57. The first kappa shape index (κ1) is 21.3. The number of ether oxygens (including phenoxy) is 1. The number of benzene rings is 1. The number of hydrogen-bond acceptors (Lipinski definition) is 6.